The van der Waals surface area contributed by atoms with Gasteiger partial charge in [-0.1, -0.05) is 37.6 Å². The summed E-state index contributed by atoms with van der Waals surface area (Å²) in [5.74, 6) is 2.97. The van der Waals surface area contributed by atoms with Crippen LogP contribution < -0.4 is 5.32 Å². The maximum Gasteiger partial charge on any atom is 0.134 e. The van der Waals surface area contributed by atoms with Crippen molar-refractivity contribution in [1.82, 2.24) is 9.97 Å². The van der Waals surface area contributed by atoms with Gasteiger partial charge in [-0.15, -0.1) is 11.8 Å². The predicted molar refractivity (Wildman–Crippen MR) is 91.3 cm³/mol. The molecule has 0 aliphatic rings. The van der Waals surface area contributed by atoms with E-state index in [4.69, 9.17) is 11.6 Å². The van der Waals surface area contributed by atoms with Crippen molar-refractivity contribution in [2.75, 3.05) is 11.9 Å². The van der Waals surface area contributed by atoms with Crippen LogP contribution in [0.4, 0.5) is 5.82 Å². The largest absolute Gasteiger partial charge is 0.370 e. The van der Waals surface area contributed by atoms with Crippen LogP contribution in [0.1, 0.15) is 38.1 Å². The topological polar surface area (TPSA) is 37.8 Å². The summed E-state index contributed by atoms with van der Waals surface area (Å²) < 4.78 is 0. The zero-order valence-corrected chi connectivity index (χ0v) is 14.1. The third-order valence-corrected chi connectivity index (χ3v) is 4.13. The number of benzene rings is 1. The average Bonchev–Trinajstić information content (AvgIpc) is 2.47. The highest BCUT2D eigenvalue weighted by molar-refractivity contribution is 7.98. The van der Waals surface area contributed by atoms with Crippen molar-refractivity contribution in [1.29, 1.82) is 0 Å². The fourth-order valence-electron chi connectivity index (χ4n) is 1.78. The molecule has 0 saturated carbocycles. The van der Waals surface area contributed by atoms with E-state index in [1.807, 2.05) is 30.3 Å². The van der Waals surface area contributed by atoms with Crippen LogP contribution in [0.15, 0.2) is 35.4 Å². The molecule has 0 aliphatic heterocycles. The Balaban J connectivity index is 2.12. The van der Waals surface area contributed by atoms with Gasteiger partial charge in [0.15, 0.2) is 0 Å². The van der Waals surface area contributed by atoms with E-state index in [0.717, 1.165) is 34.0 Å². The zero-order chi connectivity index (χ0) is 15.2. The maximum absolute atomic E-state index is 5.90. The van der Waals surface area contributed by atoms with Crippen LogP contribution in [0.5, 0.6) is 0 Å². The molecule has 21 heavy (non-hydrogen) atoms. The van der Waals surface area contributed by atoms with Gasteiger partial charge in [-0.05, 0) is 24.6 Å². The first kappa shape index (κ1) is 16.1. The molecule has 0 fully saturated rings. The molecule has 0 atom stereocenters. The van der Waals surface area contributed by atoms with Gasteiger partial charge in [0, 0.05) is 29.3 Å². The molecular weight excluding hydrogens is 302 g/mol. The van der Waals surface area contributed by atoms with E-state index < -0.39 is 0 Å². The van der Waals surface area contributed by atoms with Gasteiger partial charge < -0.3 is 5.32 Å². The molecule has 1 N–H and O–H groups in total. The molecule has 0 spiro atoms. The monoisotopic (exact) mass is 321 g/mol. The summed E-state index contributed by atoms with van der Waals surface area (Å²) in [4.78, 5) is 9.17. The quantitative estimate of drug-likeness (QED) is 0.601. The molecular formula is C16H20ClN3S. The lowest BCUT2D eigenvalue weighted by Crippen LogP contribution is -2.05. The van der Waals surface area contributed by atoms with Gasteiger partial charge in [0.1, 0.15) is 16.7 Å². The first-order chi connectivity index (χ1) is 10.1. The summed E-state index contributed by atoms with van der Waals surface area (Å²) in [5, 5.41) is 5.03. The minimum absolute atomic E-state index is 0.318. The molecule has 0 bridgehead atoms. The van der Waals surface area contributed by atoms with Gasteiger partial charge in [0.05, 0.1) is 0 Å². The first-order valence-corrected chi connectivity index (χ1v) is 8.45. The lowest BCUT2D eigenvalue weighted by atomic mass is 10.2. The highest BCUT2D eigenvalue weighted by atomic mass is 35.5. The van der Waals surface area contributed by atoms with Crippen LogP contribution in [0, 0.1) is 0 Å². The Morgan fingerprint density at radius 1 is 1.19 bits per heavy atom. The third kappa shape index (κ3) is 4.90. The smallest absolute Gasteiger partial charge is 0.134 e. The van der Waals surface area contributed by atoms with E-state index >= 15 is 0 Å². The molecule has 1 heterocycles. The Labute approximate surface area is 135 Å². The number of anilines is 1. The van der Waals surface area contributed by atoms with Crippen LogP contribution in [-0.2, 0) is 5.75 Å². The van der Waals surface area contributed by atoms with Crippen molar-refractivity contribution in [2.24, 2.45) is 0 Å². The van der Waals surface area contributed by atoms with Gasteiger partial charge in [0.2, 0.25) is 0 Å². The maximum atomic E-state index is 5.90. The Hall–Kier alpha value is -1.26. The normalized spacial score (nSPS) is 10.9. The molecule has 0 radical (unpaired) electrons. The minimum atomic E-state index is 0.318. The summed E-state index contributed by atoms with van der Waals surface area (Å²) in [7, 11) is 0. The summed E-state index contributed by atoms with van der Waals surface area (Å²) in [5.41, 5.74) is 1.24. The second kappa shape index (κ2) is 7.66. The van der Waals surface area contributed by atoms with Crippen LogP contribution >= 0.6 is 23.4 Å². The number of aromatic nitrogens is 2. The third-order valence-electron chi connectivity index (χ3n) is 2.89. The minimum Gasteiger partial charge on any atom is -0.370 e. The van der Waals surface area contributed by atoms with Gasteiger partial charge in [-0.25, -0.2) is 9.97 Å². The number of nitrogens with one attached hydrogen (secondary N) is 1. The molecule has 0 unspecified atom stereocenters. The molecule has 2 rings (SSSR count). The van der Waals surface area contributed by atoms with E-state index in [2.05, 4.69) is 36.1 Å². The average molecular weight is 322 g/mol. The van der Waals surface area contributed by atoms with Crippen molar-refractivity contribution in [2.45, 2.75) is 37.5 Å². The number of hydrogen-bond acceptors (Lipinski definition) is 4. The summed E-state index contributed by atoms with van der Waals surface area (Å²) in [6.07, 6.45) is 0. The Kier molecular flexibility index (Phi) is 5.88. The molecule has 112 valence electrons. The predicted octanol–water partition coefficient (Wildman–Crippen LogP) is 4.98. The van der Waals surface area contributed by atoms with E-state index in [0.29, 0.717) is 5.92 Å². The van der Waals surface area contributed by atoms with Gasteiger partial charge in [-0.2, -0.15) is 0 Å². The van der Waals surface area contributed by atoms with Crippen molar-refractivity contribution >= 4 is 29.2 Å². The van der Waals surface area contributed by atoms with E-state index in [1.165, 1.54) is 5.56 Å². The Morgan fingerprint density at radius 3 is 2.52 bits per heavy atom. The van der Waals surface area contributed by atoms with E-state index in [9.17, 15) is 0 Å². The Bertz CT molecular complexity index is 585. The summed E-state index contributed by atoms with van der Waals surface area (Å²) in [6, 6.07) is 9.94. The van der Waals surface area contributed by atoms with Gasteiger partial charge in [0.25, 0.3) is 0 Å². The fraction of sp³-hybridized carbons (Fsp3) is 0.375. The summed E-state index contributed by atoms with van der Waals surface area (Å²) in [6.45, 7) is 7.14. The molecule has 3 nitrogen and oxygen atoms in total. The van der Waals surface area contributed by atoms with Crippen LogP contribution in [0.3, 0.4) is 0 Å². The fourth-order valence-corrected chi connectivity index (χ4v) is 2.77. The molecule has 5 heteroatoms. The first-order valence-electron chi connectivity index (χ1n) is 7.08. The van der Waals surface area contributed by atoms with Crippen molar-refractivity contribution in [3.63, 3.8) is 0 Å². The lowest BCUT2D eigenvalue weighted by molar-refractivity contribution is 0.754. The number of rotatable bonds is 6. The lowest BCUT2D eigenvalue weighted by Gasteiger charge is -2.10. The highest BCUT2D eigenvalue weighted by Crippen LogP contribution is 2.25. The van der Waals surface area contributed by atoms with E-state index in [-0.39, 0.29) is 0 Å². The summed E-state index contributed by atoms with van der Waals surface area (Å²) >= 11 is 7.62. The van der Waals surface area contributed by atoms with Gasteiger partial charge >= 0.3 is 0 Å². The molecule has 0 aliphatic carbocycles. The van der Waals surface area contributed by atoms with Crippen molar-refractivity contribution in [3.8, 4) is 0 Å². The molecule has 2 aromatic rings. The number of thioether (sulfide) groups is 1. The zero-order valence-electron chi connectivity index (χ0n) is 12.6. The van der Waals surface area contributed by atoms with E-state index in [1.54, 1.807) is 11.8 Å². The number of hydrogen-bond donors (Lipinski definition) is 1. The highest BCUT2D eigenvalue weighted by Gasteiger charge is 2.08. The molecule has 0 amide bonds. The second-order valence-corrected chi connectivity index (χ2v) is 6.48. The van der Waals surface area contributed by atoms with Crippen LogP contribution in [0.25, 0.3) is 0 Å². The molecule has 1 aromatic heterocycles. The standard InChI is InChI=1S/C16H20ClN3S/c1-4-18-14-9-15(20-16(19-14)11(2)3)21-10-12-5-7-13(17)8-6-12/h5-9,11H,4,10H2,1-3H3,(H,18,19,20). The second-order valence-electron chi connectivity index (χ2n) is 5.05. The SMILES string of the molecule is CCNc1cc(SCc2ccc(Cl)cc2)nc(C(C)C)n1. The number of nitrogens with zero attached hydrogens (tertiary/aromatic N) is 2. The van der Waals surface area contributed by atoms with Gasteiger partial charge in [-0.3, -0.25) is 0 Å². The van der Waals surface area contributed by atoms with Crippen molar-refractivity contribution in [3.05, 3.63) is 46.7 Å². The van der Waals surface area contributed by atoms with Crippen LogP contribution in [-0.4, -0.2) is 16.5 Å². The Morgan fingerprint density at radius 2 is 1.90 bits per heavy atom. The molecule has 0 saturated heterocycles. The molecule has 1 aromatic carbocycles. The van der Waals surface area contributed by atoms with Crippen LogP contribution in [0.2, 0.25) is 5.02 Å². The number of halogens is 1. The van der Waals surface area contributed by atoms with Crippen molar-refractivity contribution < 1.29 is 0 Å².